The van der Waals surface area contributed by atoms with Gasteiger partial charge in [0.25, 0.3) is 0 Å². The molecule has 0 bridgehead atoms. The smallest absolute Gasteiger partial charge is 0.226 e. The molecule has 1 N–H and O–H groups in total. The van der Waals surface area contributed by atoms with E-state index in [1.54, 1.807) is 0 Å². The van der Waals surface area contributed by atoms with Gasteiger partial charge in [-0.25, -0.2) is 0 Å². The first-order valence-electron chi connectivity index (χ1n) is 5.57. The van der Waals surface area contributed by atoms with Crippen molar-refractivity contribution in [3.63, 3.8) is 0 Å². The predicted octanol–water partition coefficient (Wildman–Crippen LogP) is 1.10. The van der Waals surface area contributed by atoms with E-state index in [0.29, 0.717) is 11.8 Å². The Morgan fingerprint density at radius 2 is 2.29 bits per heavy atom. The third-order valence-corrected chi connectivity index (χ3v) is 2.66. The van der Waals surface area contributed by atoms with Gasteiger partial charge in [-0.3, -0.25) is 4.79 Å². The monoisotopic (exact) mass is 198 g/mol. The molecule has 14 heavy (non-hydrogen) atoms. The molecule has 1 fully saturated rings. The number of carbonyl (C=O) groups is 1. The molecular formula is C11H22N2O. The normalized spacial score (nSPS) is 22.4. The fraction of sp³-hybridized carbons (Fsp3) is 0.909. The lowest BCUT2D eigenvalue weighted by Gasteiger charge is -2.27. The minimum Gasteiger partial charge on any atom is -0.345 e. The Balaban J connectivity index is 2.38. The molecule has 1 aliphatic heterocycles. The second kappa shape index (κ2) is 5.35. The molecule has 0 unspecified atom stereocenters. The molecule has 1 rings (SSSR count). The maximum Gasteiger partial charge on any atom is 0.226 e. The highest BCUT2D eigenvalue weighted by Crippen LogP contribution is 2.13. The lowest BCUT2D eigenvalue weighted by molar-refractivity contribution is -0.135. The number of carbonyl (C=O) groups excluding carboxylic acids is 1. The molecule has 0 saturated carbocycles. The van der Waals surface area contributed by atoms with Crippen LogP contribution in [0.5, 0.6) is 0 Å². The van der Waals surface area contributed by atoms with Crippen molar-refractivity contribution < 1.29 is 4.79 Å². The largest absolute Gasteiger partial charge is 0.345 e. The first-order chi connectivity index (χ1) is 6.61. The van der Waals surface area contributed by atoms with Crippen molar-refractivity contribution in [2.45, 2.75) is 26.7 Å². The highest BCUT2D eigenvalue weighted by Gasteiger charge is 2.23. The summed E-state index contributed by atoms with van der Waals surface area (Å²) in [5.41, 5.74) is 0. The van der Waals surface area contributed by atoms with Crippen LogP contribution in [0.2, 0.25) is 0 Å². The fourth-order valence-electron chi connectivity index (χ4n) is 2.01. The van der Waals surface area contributed by atoms with Gasteiger partial charge in [0, 0.05) is 20.1 Å². The molecule has 3 nitrogen and oxygen atoms in total. The molecular weight excluding hydrogens is 176 g/mol. The van der Waals surface area contributed by atoms with Crippen molar-refractivity contribution in [2.24, 2.45) is 11.8 Å². The van der Waals surface area contributed by atoms with Crippen LogP contribution in [0.4, 0.5) is 0 Å². The van der Waals surface area contributed by atoms with E-state index in [2.05, 4.69) is 19.2 Å². The molecule has 1 heterocycles. The maximum atomic E-state index is 11.9. The zero-order chi connectivity index (χ0) is 10.6. The summed E-state index contributed by atoms with van der Waals surface area (Å²) in [6.07, 6.45) is 2.18. The molecule has 1 aliphatic rings. The Kier molecular flexibility index (Phi) is 4.39. The number of hydrogen-bond acceptors (Lipinski definition) is 2. The van der Waals surface area contributed by atoms with E-state index in [4.69, 9.17) is 0 Å². The summed E-state index contributed by atoms with van der Waals surface area (Å²) in [4.78, 5) is 13.8. The van der Waals surface area contributed by atoms with Crippen LogP contribution in [0.25, 0.3) is 0 Å². The van der Waals surface area contributed by atoms with Gasteiger partial charge in [-0.2, -0.15) is 0 Å². The van der Waals surface area contributed by atoms with Crippen LogP contribution in [-0.2, 0) is 4.79 Å². The van der Waals surface area contributed by atoms with Crippen LogP contribution in [0.15, 0.2) is 0 Å². The number of rotatable bonds is 3. The van der Waals surface area contributed by atoms with Gasteiger partial charge < -0.3 is 10.2 Å². The fourth-order valence-corrected chi connectivity index (χ4v) is 2.01. The molecule has 1 saturated heterocycles. The number of amides is 1. The molecule has 1 amide bonds. The topological polar surface area (TPSA) is 32.3 Å². The van der Waals surface area contributed by atoms with Crippen molar-refractivity contribution in [3.05, 3.63) is 0 Å². The average molecular weight is 198 g/mol. The van der Waals surface area contributed by atoms with Crippen LogP contribution >= 0.6 is 0 Å². The van der Waals surface area contributed by atoms with Gasteiger partial charge in [0.15, 0.2) is 0 Å². The maximum absolute atomic E-state index is 11.9. The third kappa shape index (κ3) is 3.29. The summed E-state index contributed by atoms with van der Waals surface area (Å²) >= 11 is 0. The van der Waals surface area contributed by atoms with Crippen LogP contribution < -0.4 is 5.32 Å². The number of nitrogens with zero attached hydrogens (tertiary/aromatic N) is 1. The Morgan fingerprint density at radius 3 is 2.79 bits per heavy atom. The van der Waals surface area contributed by atoms with E-state index in [-0.39, 0.29) is 5.92 Å². The van der Waals surface area contributed by atoms with E-state index in [0.717, 1.165) is 32.5 Å². The number of nitrogens with one attached hydrogen (secondary N) is 1. The molecule has 3 heteroatoms. The van der Waals surface area contributed by atoms with E-state index < -0.39 is 0 Å². The van der Waals surface area contributed by atoms with E-state index in [9.17, 15) is 4.79 Å². The van der Waals surface area contributed by atoms with Crippen LogP contribution in [-0.4, -0.2) is 37.5 Å². The zero-order valence-corrected chi connectivity index (χ0v) is 9.55. The van der Waals surface area contributed by atoms with Gasteiger partial charge >= 0.3 is 0 Å². The van der Waals surface area contributed by atoms with E-state index >= 15 is 0 Å². The molecule has 1 atom stereocenters. The molecule has 0 aromatic rings. The average Bonchev–Trinajstić information content (AvgIpc) is 2.17. The molecule has 0 aromatic heterocycles. The van der Waals surface area contributed by atoms with Crippen LogP contribution in [0, 0.1) is 11.8 Å². The standard InChI is InChI=1S/C11H22N2O/c1-9(2)8-13(3)11(14)10-5-4-6-12-7-10/h9-10,12H,4-8H2,1-3H3/t10-/m1/s1. The Hall–Kier alpha value is -0.570. The van der Waals surface area contributed by atoms with Gasteiger partial charge in [-0.15, -0.1) is 0 Å². The highest BCUT2D eigenvalue weighted by molar-refractivity contribution is 5.78. The van der Waals surface area contributed by atoms with Crippen LogP contribution in [0.1, 0.15) is 26.7 Å². The van der Waals surface area contributed by atoms with Gasteiger partial charge in [-0.1, -0.05) is 13.8 Å². The number of hydrogen-bond donors (Lipinski definition) is 1. The summed E-state index contributed by atoms with van der Waals surface area (Å²) in [5.74, 6) is 1.08. The Bertz CT molecular complexity index is 186. The van der Waals surface area contributed by atoms with Crippen molar-refractivity contribution in [3.8, 4) is 0 Å². The SMILES string of the molecule is CC(C)CN(C)C(=O)[C@@H]1CCCNC1. The molecule has 82 valence electrons. The predicted molar refractivity (Wildman–Crippen MR) is 58.1 cm³/mol. The van der Waals surface area contributed by atoms with E-state index in [1.807, 2.05) is 11.9 Å². The summed E-state index contributed by atoms with van der Waals surface area (Å²) < 4.78 is 0. The van der Waals surface area contributed by atoms with Gasteiger partial charge in [0.1, 0.15) is 0 Å². The van der Waals surface area contributed by atoms with E-state index in [1.165, 1.54) is 0 Å². The highest BCUT2D eigenvalue weighted by atomic mass is 16.2. The summed E-state index contributed by atoms with van der Waals surface area (Å²) in [6.45, 7) is 7.08. The lowest BCUT2D eigenvalue weighted by atomic mass is 9.98. The van der Waals surface area contributed by atoms with Crippen molar-refractivity contribution >= 4 is 5.91 Å². The van der Waals surface area contributed by atoms with Gasteiger partial charge in [0.05, 0.1) is 5.92 Å². The number of piperidine rings is 1. The third-order valence-electron chi connectivity index (χ3n) is 2.66. The minimum absolute atomic E-state index is 0.215. The van der Waals surface area contributed by atoms with Crippen molar-refractivity contribution in [2.75, 3.05) is 26.7 Å². The summed E-state index contributed by atoms with van der Waals surface area (Å²) in [7, 11) is 1.91. The quantitative estimate of drug-likeness (QED) is 0.736. The zero-order valence-electron chi connectivity index (χ0n) is 9.55. The van der Waals surface area contributed by atoms with Gasteiger partial charge in [-0.05, 0) is 25.3 Å². The first kappa shape index (κ1) is 11.5. The summed E-state index contributed by atoms with van der Waals surface area (Å²) in [5, 5.41) is 3.28. The molecule has 0 aliphatic carbocycles. The Labute approximate surface area is 86.9 Å². The minimum atomic E-state index is 0.215. The van der Waals surface area contributed by atoms with Crippen LogP contribution in [0.3, 0.4) is 0 Å². The van der Waals surface area contributed by atoms with Crippen molar-refractivity contribution in [1.29, 1.82) is 0 Å². The lowest BCUT2D eigenvalue weighted by Crippen LogP contribution is -2.42. The molecule has 0 aromatic carbocycles. The second-order valence-corrected chi connectivity index (χ2v) is 4.66. The summed E-state index contributed by atoms with van der Waals surface area (Å²) in [6, 6.07) is 0. The first-order valence-corrected chi connectivity index (χ1v) is 5.57. The molecule has 0 spiro atoms. The molecule has 0 radical (unpaired) electrons. The van der Waals surface area contributed by atoms with Crippen molar-refractivity contribution in [1.82, 2.24) is 10.2 Å². The second-order valence-electron chi connectivity index (χ2n) is 4.66. The van der Waals surface area contributed by atoms with Gasteiger partial charge in [0.2, 0.25) is 5.91 Å². The Morgan fingerprint density at radius 1 is 1.57 bits per heavy atom.